The number of carbonyl (C=O) groups is 2. The summed E-state index contributed by atoms with van der Waals surface area (Å²) in [6.07, 6.45) is 3.56. The number of phenolic OH excluding ortho intramolecular Hbond substituents is 1. The minimum Gasteiger partial charge on any atom is -0.507 e. The number of phenols is 1. The highest BCUT2D eigenvalue weighted by Gasteiger charge is 2.44. The molecule has 1 saturated heterocycles. The van der Waals surface area contributed by atoms with Crippen molar-refractivity contribution in [3.8, 4) is 11.5 Å². The molecule has 7 rings (SSSR count). The van der Waals surface area contributed by atoms with E-state index in [0.29, 0.717) is 24.8 Å². The van der Waals surface area contributed by atoms with Crippen molar-refractivity contribution in [1.29, 1.82) is 0 Å². The van der Waals surface area contributed by atoms with Gasteiger partial charge in [-0.25, -0.2) is 4.98 Å². The van der Waals surface area contributed by atoms with E-state index < -0.39 is 88.1 Å². The zero-order valence-electron chi connectivity index (χ0n) is 39.9. The molecule has 360 valence electrons. The fourth-order valence-corrected chi connectivity index (χ4v) is 9.56. The van der Waals surface area contributed by atoms with Crippen LogP contribution in [-0.4, -0.2) is 112 Å². The number of hydrogen-bond donors (Lipinski definition) is 5. The SMILES string of the molecule is CO[C@H]1C=CO[C@@]2(C)Oc3c(C)c(O)c4c(=O)c(c5oc6cc(N7CCN(C(C)C)CC7)cc(=O)c6nc5c4c3=C2O)NC(=O)/C(C)=C\C=C/[C@H](C)[C@H](O)[C@@H](C)[C@@H](O)[C@@H](C)[C@H](OC(C)=O)[C@@H]1C. The van der Waals surface area contributed by atoms with Crippen LogP contribution >= 0.6 is 0 Å². The molecule has 3 aromatic carbocycles. The third-order valence-corrected chi connectivity index (χ3v) is 13.8. The normalized spacial score (nSPS) is 29.3. The maximum Gasteiger partial charge on any atom is 0.307 e. The molecule has 1 amide bonds. The van der Waals surface area contributed by atoms with Crippen LogP contribution in [-0.2, 0) is 23.8 Å². The molecule has 3 aliphatic rings. The number of methoxy groups -OCH3 is 1. The Kier molecular flexibility index (Phi) is 13.8. The molecule has 1 fully saturated rings. The van der Waals surface area contributed by atoms with Gasteiger partial charge in [-0.05, 0) is 33.8 Å². The number of amides is 1. The average Bonchev–Trinajstić information content (AvgIpc) is 3.56. The predicted octanol–water partition coefficient (Wildman–Crippen LogP) is 5.09. The molecular formula is C50H62N4O13. The predicted molar refractivity (Wildman–Crippen MR) is 254 cm³/mol. The second-order valence-electron chi connectivity index (χ2n) is 18.7. The number of benzene rings is 3. The maximum atomic E-state index is 14.9. The second kappa shape index (κ2) is 18.9. The smallest absolute Gasteiger partial charge is 0.307 e. The number of fused-ring (bicyclic) bond motifs is 2. The highest BCUT2D eigenvalue weighted by molar-refractivity contribution is 6.16. The van der Waals surface area contributed by atoms with Gasteiger partial charge in [0.15, 0.2) is 22.4 Å². The van der Waals surface area contributed by atoms with Crippen LogP contribution in [0.1, 0.15) is 67.9 Å². The maximum absolute atomic E-state index is 14.9. The van der Waals surface area contributed by atoms with Gasteiger partial charge in [0.05, 0.1) is 35.2 Å². The molecule has 67 heavy (non-hydrogen) atoms. The first-order chi connectivity index (χ1) is 31.6. The molecule has 3 aliphatic heterocycles. The van der Waals surface area contributed by atoms with Gasteiger partial charge in [-0.1, -0.05) is 45.9 Å². The number of esters is 1. The standard InChI is InChI=1S/C50H62N4O13/c1-23(2)53-16-18-54(19-17-53)31-21-32(56)38-34(22-31)66-47-39(51-38)35-36-43(59)29(8)46-37(35)48(61)50(10,67-46)64-20-15-33(63-11)26(5)45(65-30(9)55)28(7)42(58)27(6)41(57)24(3)13-12-14-25(4)49(62)52-40(47)44(36)60/h12-15,20-24,26-28,33,41-42,45,57-59,61H,16-19H2,1-11H3,(H,52,62)/b13-12-,20-15?,25-14-/t24-,26+,27+,28+,33-,41-,42+,45+,50-/m0/s1. The van der Waals surface area contributed by atoms with Crippen molar-refractivity contribution in [1.82, 2.24) is 9.88 Å². The Morgan fingerprint density at radius 2 is 1.63 bits per heavy atom. The van der Waals surface area contributed by atoms with Crippen molar-refractivity contribution in [2.75, 3.05) is 43.5 Å². The number of piperazine rings is 1. The quantitative estimate of drug-likeness (QED) is 0.102. The Hall–Kier alpha value is -6.01. The number of aromatic hydroxyl groups is 1. The molecule has 0 radical (unpaired) electrons. The van der Waals surface area contributed by atoms with Crippen LogP contribution < -0.4 is 31.0 Å². The fourth-order valence-electron chi connectivity index (χ4n) is 9.56. The fraction of sp³-hybridized carbons (Fsp3) is 0.500. The van der Waals surface area contributed by atoms with Crippen molar-refractivity contribution in [3.05, 3.63) is 79.5 Å². The summed E-state index contributed by atoms with van der Waals surface area (Å²) < 4.78 is 30.5. The van der Waals surface area contributed by atoms with E-state index in [-0.39, 0.29) is 60.8 Å². The zero-order valence-corrected chi connectivity index (χ0v) is 39.9. The van der Waals surface area contributed by atoms with Gasteiger partial charge >= 0.3 is 11.8 Å². The largest absolute Gasteiger partial charge is 0.507 e. The Morgan fingerprint density at radius 1 is 0.940 bits per heavy atom. The Bertz CT molecular complexity index is 2880. The first-order valence-corrected chi connectivity index (χ1v) is 22.7. The van der Waals surface area contributed by atoms with Gasteiger partial charge in [0, 0.05) is 111 Å². The summed E-state index contributed by atoms with van der Waals surface area (Å²) in [5.41, 5.74) is -1.37. The number of aliphatic hydroxyl groups is 3. The van der Waals surface area contributed by atoms with Crippen LogP contribution in [0.15, 0.2) is 62.3 Å². The molecule has 4 bridgehead atoms. The minimum absolute atomic E-state index is 0.0359. The van der Waals surface area contributed by atoms with E-state index in [1.807, 2.05) is 0 Å². The summed E-state index contributed by atoms with van der Waals surface area (Å²) in [7, 11) is 1.44. The summed E-state index contributed by atoms with van der Waals surface area (Å²) >= 11 is 0. The first kappa shape index (κ1) is 48.9. The Balaban J connectivity index is 1.47. The molecule has 0 aliphatic carbocycles. The number of allylic oxidation sites excluding steroid dienone is 2. The molecule has 4 aromatic rings. The molecule has 1 aromatic heterocycles. The summed E-state index contributed by atoms with van der Waals surface area (Å²) in [6, 6.07) is 3.50. The number of anilines is 2. The molecule has 0 saturated carbocycles. The third kappa shape index (κ3) is 8.97. The lowest BCUT2D eigenvalue weighted by molar-refractivity contribution is -0.160. The molecule has 0 unspecified atom stereocenters. The van der Waals surface area contributed by atoms with E-state index in [0.717, 1.165) is 13.1 Å². The lowest BCUT2D eigenvalue weighted by Gasteiger charge is -2.38. The molecule has 17 heteroatoms. The highest BCUT2D eigenvalue weighted by atomic mass is 16.7. The van der Waals surface area contributed by atoms with E-state index in [9.17, 15) is 39.6 Å². The Labute approximate surface area is 387 Å². The van der Waals surface area contributed by atoms with Gasteiger partial charge in [0.25, 0.3) is 5.91 Å². The lowest BCUT2D eigenvalue weighted by atomic mass is 9.78. The van der Waals surface area contributed by atoms with Crippen LogP contribution in [0.2, 0.25) is 0 Å². The molecule has 4 heterocycles. The summed E-state index contributed by atoms with van der Waals surface area (Å²) in [4.78, 5) is 64.5. The monoisotopic (exact) mass is 926 g/mol. The second-order valence-corrected chi connectivity index (χ2v) is 18.7. The molecule has 0 spiro atoms. The van der Waals surface area contributed by atoms with E-state index >= 15 is 0 Å². The van der Waals surface area contributed by atoms with Crippen molar-refractivity contribution in [3.63, 3.8) is 0 Å². The van der Waals surface area contributed by atoms with E-state index in [1.54, 1.807) is 45.9 Å². The number of ether oxygens (including phenoxy) is 4. The molecule has 17 nitrogen and oxygen atoms in total. The van der Waals surface area contributed by atoms with Gasteiger partial charge in [-0.2, -0.15) is 0 Å². The van der Waals surface area contributed by atoms with Gasteiger partial charge in [0.1, 0.15) is 28.8 Å². The number of nitrogens with zero attached hydrogens (tertiary/aromatic N) is 3. The van der Waals surface area contributed by atoms with Crippen molar-refractivity contribution >= 4 is 62.0 Å². The lowest BCUT2D eigenvalue weighted by Crippen LogP contribution is -2.49. The van der Waals surface area contributed by atoms with E-state index in [4.69, 9.17) is 28.3 Å². The molecular weight excluding hydrogens is 865 g/mol. The van der Waals surface area contributed by atoms with Crippen LogP contribution in [0.25, 0.3) is 38.7 Å². The topological polar surface area (TPSA) is 231 Å². The number of aliphatic hydroxyl groups excluding tert-OH is 3. The number of carbonyl (C=O) groups excluding carboxylic acids is 2. The van der Waals surface area contributed by atoms with Gasteiger partial charge < -0.3 is 54.0 Å². The summed E-state index contributed by atoms with van der Waals surface area (Å²) in [5.74, 6) is -6.93. The number of rotatable bonds is 4. The summed E-state index contributed by atoms with van der Waals surface area (Å²) in [6.45, 7) is 19.7. The van der Waals surface area contributed by atoms with Gasteiger partial charge in [-0.3, -0.25) is 24.1 Å². The van der Waals surface area contributed by atoms with Crippen molar-refractivity contribution < 1.29 is 53.4 Å². The number of hydrogen-bond acceptors (Lipinski definition) is 16. The van der Waals surface area contributed by atoms with Gasteiger partial charge in [0.2, 0.25) is 10.9 Å². The highest BCUT2D eigenvalue weighted by Crippen LogP contribution is 2.42. The first-order valence-electron chi connectivity index (χ1n) is 22.7. The van der Waals surface area contributed by atoms with Crippen molar-refractivity contribution in [2.45, 2.75) is 105 Å². The Morgan fingerprint density at radius 3 is 2.27 bits per heavy atom. The van der Waals surface area contributed by atoms with Crippen molar-refractivity contribution in [2.24, 2.45) is 23.7 Å². The van der Waals surface area contributed by atoms with E-state index in [2.05, 4.69) is 29.0 Å². The van der Waals surface area contributed by atoms with E-state index in [1.165, 1.54) is 59.3 Å². The molecule has 9 atom stereocenters. The van der Waals surface area contributed by atoms with Gasteiger partial charge in [-0.15, -0.1) is 0 Å². The molecule has 5 N–H and O–H groups in total. The van der Waals surface area contributed by atoms with Crippen LogP contribution in [0.4, 0.5) is 11.4 Å². The average molecular weight is 927 g/mol. The summed E-state index contributed by atoms with van der Waals surface area (Å²) in [5, 5.41) is 49.3. The number of nitrogens with one attached hydrogen (secondary N) is 1. The van der Waals surface area contributed by atoms with Crippen LogP contribution in [0.5, 0.6) is 11.5 Å². The van der Waals surface area contributed by atoms with Crippen LogP contribution in [0.3, 0.4) is 0 Å². The third-order valence-electron chi connectivity index (χ3n) is 13.8. The number of aromatic nitrogens is 1. The van der Waals surface area contributed by atoms with Crippen LogP contribution in [0, 0.1) is 30.6 Å². The minimum atomic E-state index is -1.98. The zero-order chi connectivity index (χ0) is 49.0.